The third-order valence-electron chi connectivity index (χ3n) is 3.40. The van der Waals surface area contributed by atoms with Gasteiger partial charge in [0.15, 0.2) is 0 Å². The standard InChI is InChI=1S/C18H24O4S/c1-3-5-7-8-9-17(18(19)20)23(21)16-12-10-15(11-13-16)22-14-6-4-2/h10-13,17H,3,5,7-9,14H2,1-2H3,(H,19,20)/t17-,23-/m0/s1. The summed E-state index contributed by atoms with van der Waals surface area (Å²) in [4.78, 5) is 11.9. The van der Waals surface area contributed by atoms with E-state index < -0.39 is 22.0 Å². The fourth-order valence-electron chi connectivity index (χ4n) is 2.10. The Labute approximate surface area is 140 Å². The molecule has 2 atom stereocenters. The molecule has 0 saturated carbocycles. The summed E-state index contributed by atoms with van der Waals surface area (Å²) in [5.41, 5.74) is 0. The highest BCUT2D eigenvalue weighted by molar-refractivity contribution is 7.86. The van der Waals surface area contributed by atoms with Gasteiger partial charge in [0, 0.05) is 4.90 Å². The van der Waals surface area contributed by atoms with E-state index in [1.54, 1.807) is 31.2 Å². The first-order valence-corrected chi connectivity index (χ1v) is 9.07. The molecular formula is C18H24O4S. The average molecular weight is 336 g/mol. The Kier molecular flexibility index (Phi) is 9.08. The summed E-state index contributed by atoms with van der Waals surface area (Å²) in [5, 5.41) is 8.47. The molecule has 0 aliphatic carbocycles. The monoisotopic (exact) mass is 336 g/mol. The van der Waals surface area contributed by atoms with Gasteiger partial charge >= 0.3 is 5.97 Å². The van der Waals surface area contributed by atoms with Gasteiger partial charge in [-0.15, -0.1) is 5.92 Å². The molecule has 5 heteroatoms. The lowest BCUT2D eigenvalue weighted by Gasteiger charge is -2.12. The number of unbranched alkanes of at least 4 members (excludes halogenated alkanes) is 3. The number of carboxylic acids is 1. The quantitative estimate of drug-likeness (QED) is 0.523. The molecular weight excluding hydrogens is 312 g/mol. The minimum absolute atomic E-state index is 0.300. The maximum atomic E-state index is 12.5. The number of hydrogen-bond acceptors (Lipinski definition) is 3. The molecule has 0 unspecified atom stereocenters. The van der Waals surface area contributed by atoms with Gasteiger partial charge in [-0.25, -0.2) is 0 Å². The van der Waals surface area contributed by atoms with E-state index in [0.717, 1.165) is 25.7 Å². The van der Waals surface area contributed by atoms with Crippen molar-refractivity contribution in [2.24, 2.45) is 0 Å². The largest absolute Gasteiger partial charge is 0.481 e. The molecule has 0 saturated heterocycles. The van der Waals surface area contributed by atoms with Crippen LogP contribution in [0, 0.1) is 11.8 Å². The molecule has 1 aromatic carbocycles. The van der Waals surface area contributed by atoms with Crippen LogP contribution in [0.15, 0.2) is 29.2 Å². The first kappa shape index (κ1) is 19.2. The van der Waals surface area contributed by atoms with E-state index in [9.17, 15) is 14.1 Å². The number of carbonyl (C=O) groups is 1. The summed E-state index contributed by atoms with van der Waals surface area (Å²) < 4.78 is 17.9. The predicted octanol–water partition coefficient (Wildman–Crippen LogP) is 3.62. The zero-order valence-electron chi connectivity index (χ0n) is 13.7. The number of benzene rings is 1. The van der Waals surface area contributed by atoms with Crippen LogP contribution >= 0.6 is 0 Å². The summed E-state index contributed by atoms with van der Waals surface area (Å²) in [5.74, 6) is 5.15. The van der Waals surface area contributed by atoms with Crippen LogP contribution in [0.5, 0.6) is 5.75 Å². The SMILES string of the molecule is CC#CCOc1ccc([S@](=O)[C@@H](CCCCCC)C(=O)O)cc1. The molecule has 0 aliphatic heterocycles. The minimum atomic E-state index is -1.56. The van der Waals surface area contributed by atoms with Crippen molar-refractivity contribution < 1.29 is 18.8 Å². The van der Waals surface area contributed by atoms with E-state index in [4.69, 9.17) is 4.74 Å². The number of ether oxygens (including phenoxy) is 1. The molecule has 23 heavy (non-hydrogen) atoms. The van der Waals surface area contributed by atoms with Gasteiger partial charge in [-0.3, -0.25) is 9.00 Å². The van der Waals surface area contributed by atoms with Gasteiger partial charge in [0.05, 0.1) is 10.8 Å². The summed E-state index contributed by atoms with van der Waals surface area (Å²) in [6.07, 6.45) is 4.36. The van der Waals surface area contributed by atoms with Crippen LogP contribution in [-0.2, 0) is 15.6 Å². The van der Waals surface area contributed by atoms with Gasteiger partial charge in [0.2, 0.25) is 0 Å². The van der Waals surface area contributed by atoms with Crippen LogP contribution in [0.25, 0.3) is 0 Å². The topological polar surface area (TPSA) is 63.6 Å². The number of aliphatic carboxylic acids is 1. The molecule has 1 N–H and O–H groups in total. The van der Waals surface area contributed by atoms with Crippen LogP contribution in [0.1, 0.15) is 46.0 Å². The molecule has 4 nitrogen and oxygen atoms in total. The first-order chi connectivity index (χ1) is 11.1. The van der Waals surface area contributed by atoms with Gasteiger partial charge in [-0.05, 0) is 37.6 Å². The van der Waals surface area contributed by atoms with Crippen molar-refractivity contribution in [3.05, 3.63) is 24.3 Å². The van der Waals surface area contributed by atoms with Gasteiger partial charge < -0.3 is 9.84 Å². The molecule has 1 rings (SSSR count). The molecule has 0 amide bonds. The van der Waals surface area contributed by atoms with E-state index in [1.807, 2.05) is 0 Å². The Morgan fingerprint density at radius 3 is 2.52 bits per heavy atom. The normalized spacial score (nSPS) is 12.8. The second-order valence-electron chi connectivity index (χ2n) is 5.16. The third kappa shape index (κ3) is 6.87. The molecule has 0 aromatic heterocycles. The molecule has 126 valence electrons. The molecule has 0 spiro atoms. The van der Waals surface area contributed by atoms with Crippen molar-refractivity contribution in [2.75, 3.05) is 6.61 Å². The van der Waals surface area contributed by atoms with Crippen molar-refractivity contribution in [2.45, 2.75) is 56.1 Å². The van der Waals surface area contributed by atoms with E-state index >= 15 is 0 Å². The van der Waals surface area contributed by atoms with Gasteiger partial charge in [-0.1, -0.05) is 38.5 Å². The van der Waals surface area contributed by atoms with Crippen LogP contribution in [0.2, 0.25) is 0 Å². The Bertz CT molecular complexity index is 569. The summed E-state index contributed by atoms with van der Waals surface area (Å²) in [6, 6.07) is 6.71. The van der Waals surface area contributed by atoms with Crippen molar-refractivity contribution in [3.8, 4) is 17.6 Å². The number of hydrogen-bond donors (Lipinski definition) is 1. The van der Waals surface area contributed by atoms with Crippen molar-refractivity contribution in [1.82, 2.24) is 0 Å². The van der Waals surface area contributed by atoms with Crippen molar-refractivity contribution in [3.63, 3.8) is 0 Å². The Morgan fingerprint density at radius 2 is 1.96 bits per heavy atom. The summed E-state index contributed by atoms with van der Waals surface area (Å²) >= 11 is 0. The van der Waals surface area contributed by atoms with Gasteiger partial charge in [-0.2, -0.15) is 0 Å². The lowest BCUT2D eigenvalue weighted by molar-refractivity contribution is -0.136. The van der Waals surface area contributed by atoms with Gasteiger partial charge in [0.25, 0.3) is 0 Å². The second kappa shape index (κ2) is 10.8. The molecule has 0 fully saturated rings. The van der Waals surface area contributed by atoms with E-state index in [0.29, 0.717) is 23.7 Å². The molecule has 0 radical (unpaired) electrons. The molecule has 1 aromatic rings. The maximum absolute atomic E-state index is 12.5. The van der Waals surface area contributed by atoms with Crippen LogP contribution < -0.4 is 4.74 Å². The molecule has 0 heterocycles. The maximum Gasteiger partial charge on any atom is 0.319 e. The fraction of sp³-hybridized carbons (Fsp3) is 0.500. The highest BCUT2D eigenvalue weighted by atomic mass is 32.2. The average Bonchev–Trinajstić information content (AvgIpc) is 2.55. The minimum Gasteiger partial charge on any atom is -0.481 e. The summed E-state index contributed by atoms with van der Waals surface area (Å²) in [7, 11) is -1.56. The lowest BCUT2D eigenvalue weighted by atomic mass is 10.1. The second-order valence-corrected chi connectivity index (χ2v) is 6.80. The zero-order chi connectivity index (χ0) is 17.1. The highest BCUT2D eigenvalue weighted by Gasteiger charge is 2.25. The Balaban J connectivity index is 2.67. The molecule has 0 aliphatic rings. The highest BCUT2D eigenvalue weighted by Crippen LogP contribution is 2.20. The third-order valence-corrected chi connectivity index (χ3v) is 5.09. The zero-order valence-corrected chi connectivity index (χ0v) is 14.5. The summed E-state index contributed by atoms with van der Waals surface area (Å²) in [6.45, 7) is 4.14. The van der Waals surface area contributed by atoms with E-state index in [1.165, 1.54) is 0 Å². The van der Waals surface area contributed by atoms with Gasteiger partial charge in [0.1, 0.15) is 17.6 Å². The Morgan fingerprint density at radius 1 is 1.26 bits per heavy atom. The van der Waals surface area contributed by atoms with E-state index in [-0.39, 0.29) is 0 Å². The molecule has 0 bridgehead atoms. The lowest BCUT2D eigenvalue weighted by Crippen LogP contribution is -2.25. The smallest absolute Gasteiger partial charge is 0.319 e. The fourth-order valence-corrected chi connectivity index (χ4v) is 3.40. The van der Waals surface area contributed by atoms with Crippen molar-refractivity contribution in [1.29, 1.82) is 0 Å². The van der Waals surface area contributed by atoms with Crippen LogP contribution in [0.3, 0.4) is 0 Å². The number of carboxylic acid groups (broad SMARTS) is 1. The van der Waals surface area contributed by atoms with Crippen molar-refractivity contribution >= 4 is 16.8 Å². The number of rotatable bonds is 10. The van der Waals surface area contributed by atoms with Crippen LogP contribution in [-0.4, -0.2) is 27.1 Å². The first-order valence-electron chi connectivity index (χ1n) is 7.86. The van der Waals surface area contributed by atoms with Crippen LogP contribution in [0.4, 0.5) is 0 Å². The Hall–Kier alpha value is -1.80. The predicted molar refractivity (Wildman–Crippen MR) is 92.0 cm³/mol. The van der Waals surface area contributed by atoms with E-state index in [2.05, 4.69) is 18.8 Å².